The summed E-state index contributed by atoms with van der Waals surface area (Å²) in [6.07, 6.45) is 3.13. The molecule has 32 heavy (non-hydrogen) atoms. The van der Waals surface area contributed by atoms with Gasteiger partial charge in [-0.05, 0) is 48.5 Å². The fraction of sp³-hybridized carbons (Fsp3) is 0.0435. The summed E-state index contributed by atoms with van der Waals surface area (Å²) in [5.74, 6) is -0.432. The number of rotatable bonds is 7. The minimum absolute atomic E-state index is 0.0210. The first-order valence-corrected chi connectivity index (χ1v) is 11.4. The molecule has 0 fully saturated rings. The van der Waals surface area contributed by atoms with Crippen LogP contribution in [0, 0.1) is 0 Å². The highest BCUT2D eigenvalue weighted by Gasteiger charge is 2.26. The Morgan fingerprint density at radius 3 is 2.72 bits per heavy atom. The Labute approximate surface area is 190 Å². The lowest BCUT2D eigenvalue weighted by Gasteiger charge is -2.24. The van der Waals surface area contributed by atoms with E-state index < -0.39 is 15.9 Å². The molecule has 1 aromatic heterocycles. The molecule has 162 valence electrons. The van der Waals surface area contributed by atoms with Crippen molar-refractivity contribution in [1.29, 1.82) is 0 Å². The molecule has 0 aliphatic carbocycles. The molecule has 1 amide bonds. The van der Waals surface area contributed by atoms with Gasteiger partial charge in [-0.25, -0.2) is 8.42 Å². The third kappa shape index (κ3) is 4.23. The fourth-order valence-corrected chi connectivity index (χ4v) is 5.03. The van der Waals surface area contributed by atoms with Crippen molar-refractivity contribution in [3.05, 3.63) is 96.2 Å². The van der Waals surface area contributed by atoms with E-state index in [1.54, 1.807) is 54.7 Å². The highest BCUT2D eigenvalue weighted by molar-refractivity contribution is 7.92. The Morgan fingerprint density at radius 1 is 1.12 bits per heavy atom. The maximum absolute atomic E-state index is 13.4. The van der Waals surface area contributed by atoms with E-state index in [0.29, 0.717) is 16.4 Å². The highest BCUT2D eigenvalue weighted by Crippen LogP contribution is 2.30. The van der Waals surface area contributed by atoms with E-state index in [0.717, 1.165) is 15.2 Å². The van der Waals surface area contributed by atoms with Gasteiger partial charge in [0.1, 0.15) is 0 Å². The monoisotopic (exact) mass is 466 g/mol. The molecular weight excluding hydrogens is 448 g/mol. The van der Waals surface area contributed by atoms with Crippen molar-refractivity contribution < 1.29 is 13.2 Å². The number of sulfonamides is 1. The van der Waals surface area contributed by atoms with Gasteiger partial charge in [0.2, 0.25) is 0 Å². The van der Waals surface area contributed by atoms with Gasteiger partial charge in [0.15, 0.2) is 0 Å². The van der Waals surface area contributed by atoms with Crippen LogP contribution in [0.5, 0.6) is 0 Å². The van der Waals surface area contributed by atoms with Gasteiger partial charge in [-0.2, -0.15) is 5.10 Å². The van der Waals surface area contributed by atoms with Crippen LogP contribution in [0.25, 0.3) is 10.9 Å². The number of fused-ring (bicyclic) bond motifs is 1. The first kappa shape index (κ1) is 21.6. The van der Waals surface area contributed by atoms with Gasteiger partial charge >= 0.3 is 0 Å². The molecule has 0 aliphatic heterocycles. The highest BCUT2D eigenvalue weighted by atomic mass is 35.5. The van der Waals surface area contributed by atoms with Crippen molar-refractivity contribution in [2.75, 3.05) is 16.2 Å². The Bertz CT molecular complexity index is 1420. The summed E-state index contributed by atoms with van der Waals surface area (Å²) in [5, 5.41) is 10.7. The van der Waals surface area contributed by atoms with Crippen LogP contribution in [0.4, 0.5) is 11.4 Å². The second kappa shape index (κ2) is 8.86. The van der Waals surface area contributed by atoms with Crippen LogP contribution in [-0.4, -0.2) is 31.1 Å². The van der Waals surface area contributed by atoms with Crippen molar-refractivity contribution >= 4 is 49.8 Å². The molecule has 9 heteroatoms. The fourth-order valence-electron chi connectivity index (χ4n) is 3.25. The summed E-state index contributed by atoms with van der Waals surface area (Å²) >= 11 is 6.24. The van der Waals surface area contributed by atoms with Gasteiger partial charge < -0.3 is 5.32 Å². The number of hydrogen-bond donors (Lipinski definition) is 2. The van der Waals surface area contributed by atoms with E-state index in [9.17, 15) is 13.2 Å². The topological polar surface area (TPSA) is 95.2 Å². The predicted molar refractivity (Wildman–Crippen MR) is 127 cm³/mol. The zero-order chi connectivity index (χ0) is 22.7. The number of nitrogens with zero attached hydrogens (tertiary/aromatic N) is 2. The molecule has 4 aromatic rings. The number of amides is 1. The number of para-hydroxylation sites is 1. The summed E-state index contributed by atoms with van der Waals surface area (Å²) < 4.78 is 28.0. The van der Waals surface area contributed by atoms with Crippen LogP contribution in [0.1, 0.15) is 10.4 Å². The van der Waals surface area contributed by atoms with Crippen LogP contribution >= 0.6 is 11.6 Å². The minimum Gasteiger partial charge on any atom is -0.322 e. The van der Waals surface area contributed by atoms with Crippen LogP contribution in [0.15, 0.2) is 90.5 Å². The van der Waals surface area contributed by atoms with E-state index >= 15 is 0 Å². The molecule has 0 aliphatic rings. The van der Waals surface area contributed by atoms with Crippen molar-refractivity contribution in [1.82, 2.24) is 10.2 Å². The smallest absolute Gasteiger partial charge is 0.264 e. The summed E-state index contributed by atoms with van der Waals surface area (Å²) in [7, 11) is -4.00. The van der Waals surface area contributed by atoms with Gasteiger partial charge in [-0.15, -0.1) is 6.58 Å². The zero-order valence-electron chi connectivity index (χ0n) is 16.8. The standard InChI is InChI=1S/C23H19ClN4O3S/c1-2-12-28(22-9-4-3-8-20(22)24)32(30,31)19-7-5-6-16(14-19)23(29)26-18-10-11-21-17(13-18)15-25-27-21/h2-11,13-15H,1,12H2,(H,25,27)(H,26,29). The Balaban J connectivity index is 1.65. The van der Waals surface area contributed by atoms with E-state index in [1.165, 1.54) is 24.3 Å². The summed E-state index contributed by atoms with van der Waals surface area (Å²) in [4.78, 5) is 12.8. The third-order valence-electron chi connectivity index (χ3n) is 4.80. The quantitative estimate of drug-likeness (QED) is 0.380. The average molecular weight is 467 g/mol. The Hall–Kier alpha value is -3.62. The molecule has 0 unspecified atom stereocenters. The van der Waals surface area contributed by atoms with Gasteiger partial charge in [0.25, 0.3) is 15.9 Å². The molecule has 3 aromatic carbocycles. The van der Waals surface area contributed by atoms with Gasteiger partial charge in [-0.3, -0.25) is 14.2 Å². The molecule has 7 nitrogen and oxygen atoms in total. The van der Waals surface area contributed by atoms with Crippen LogP contribution in [-0.2, 0) is 10.0 Å². The second-order valence-corrected chi connectivity index (χ2v) is 9.20. The number of aromatic nitrogens is 2. The van der Waals surface area contributed by atoms with E-state index in [-0.39, 0.29) is 17.0 Å². The Kier molecular flexibility index (Phi) is 5.98. The summed E-state index contributed by atoms with van der Waals surface area (Å²) in [6, 6.07) is 17.8. The minimum atomic E-state index is -4.00. The number of carbonyl (C=O) groups is 1. The van der Waals surface area contributed by atoms with E-state index in [1.807, 2.05) is 0 Å². The number of benzene rings is 3. The third-order valence-corrected chi connectivity index (χ3v) is 6.89. The zero-order valence-corrected chi connectivity index (χ0v) is 18.4. The van der Waals surface area contributed by atoms with Gasteiger partial charge in [0, 0.05) is 16.6 Å². The lowest BCUT2D eigenvalue weighted by atomic mass is 10.2. The SMILES string of the molecule is C=CCN(c1ccccc1Cl)S(=O)(=O)c1cccc(C(=O)Nc2ccc3[nH]ncc3c2)c1. The molecule has 4 rings (SSSR count). The van der Waals surface area contributed by atoms with Gasteiger partial charge in [0.05, 0.1) is 33.9 Å². The number of halogens is 1. The van der Waals surface area contributed by atoms with Crippen LogP contribution in [0.2, 0.25) is 5.02 Å². The number of anilines is 2. The van der Waals surface area contributed by atoms with E-state index in [2.05, 4.69) is 22.1 Å². The molecule has 0 spiro atoms. The first-order valence-electron chi connectivity index (χ1n) is 9.63. The predicted octanol–water partition coefficient (Wildman–Crippen LogP) is 4.85. The van der Waals surface area contributed by atoms with E-state index in [4.69, 9.17) is 11.6 Å². The molecule has 0 saturated carbocycles. The van der Waals surface area contributed by atoms with Crippen molar-refractivity contribution in [2.24, 2.45) is 0 Å². The molecular formula is C23H19ClN4O3S. The molecule has 0 atom stereocenters. The van der Waals surface area contributed by atoms with Crippen molar-refractivity contribution in [3.63, 3.8) is 0 Å². The normalized spacial score (nSPS) is 11.3. The molecule has 0 bridgehead atoms. The number of aromatic amines is 1. The number of H-pyrrole nitrogens is 1. The maximum atomic E-state index is 13.4. The molecule has 0 saturated heterocycles. The average Bonchev–Trinajstić information content (AvgIpc) is 3.26. The van der Waals surface area contributed by atoms with Gasteiger partial charge in [-0.1, -0.05) is 35.9 Å². The van der Waals surface area contributed by atoms with Crippen molar-refractivity contribution in [2.45, 2.75) is 4.90 Å². The summed E-state index contributed by atoms with van der Waals surface area (Å²) in [5.41, 5.74) is 1.95. The largest absolute Gasteiger partial charge is 0.322 e. The summed E-state index contributed by atoms with van der Waals surface area (Å²) in [6.45, 7) is 3.67. The van der Waals surface area contributed by atoms with Crippen LogP contribution in [0.3, 0.4) is 0 Å². The van der Waals surface area contributed by atoms with Crippen LogP contribution < -0.4 is 9.62 Å². The Morgan fingerprint density at radius 2 is 1.94 bits per heavy atom. The molecule has 0 radical (unpaired) electrons. The maximum Gasteiger partial charge on any atom is 0.264 e. The number of hydrogen-bond acceptors (Lipinski definition) is 4. The lowest BCUT2D eigenvalue weighted by Crippen LogP contribution is -2.31. The first-order chi connectivity index (χ1) is 15.4. The number of nitrogens with one attached hydrogen (secondary N) is 2. The lowest BCUT2D eigenvalue weighted by molar-refractivity contribution is 0.102. The molecule has 1 heterocycles. The molecule has 2 N–H and O–H groups in total. The van der Waals surface area contributed by atoms with Crippen molar-refractivity contribution in [3.8, 4) is 0 Å². The second-order valence-electron chi connectivity index (χ2n) is 6.93. The number of carbonyl (C=O) groups excluding carboxylic acids is 1.